The Balaban J connectivity index is 2.21. The fourth-order valence-electron chi connectivity index (χ4n) is 2.91. The monoisotopic (exact) mass is 392 g/mol. The van der Waals surface area contributed by atoms with Crippen LogP contribution >= 0.6 is 15.9 Å². The maximum atomic E-state index is 12.4. The number of phenols is 1. The quantitative estimate of drug-likeness (QED) is 0.603. The molecule has 1 saturated carbocycles. The number of carbonyl (C=O) groups is 1. The lowest BCUT2D eigenvalue weighted by molar-refractivity contribution is -0.118. The van der Waals surface area contributed by atoms with Crippen molar-refractivity contribution in [2.45, 2.75) is 38.6 Å². The van der Waals surface area contributed by atoms with Crippen molar-refractivity contribution in [3.8, 4) is 17.6 Å². The number of ether oxygens (including phenoxy) is 1. The highest BCUT2D eigenvalue weighted by Gasteiger charge is 2.24. The molecule has 1 aliphatic carbocycles. The van der Waals surface area contributed by atoms with Gasteiger partial charge in [0.2, 0.25) is 0 Å². The van der Waals surface area contributed by atoms with E-state index >= 15 is 0 Å². The Labute approximate surface area is 150 Å². The predicted octanol–water partition coefficient (Wildman–Crippen LogP) is 3.77. The molecule has 0 heterocycles. The first-order chi connectivity index (χ1) is 11.5. The topological polar surface area (TPSA) is 82.3 Å². The fraction of sp³-hybridized carbons (Fsp3) is 0.444. The lowest BCUT2D eigenvalue weighted by atomic mass is 9.86. The maximum absolute atomic E-state index is 12.4. The molecule has 0 unspecified atom stereocenters. The molecule has 1 aromatic carbocycles. The van der Waals surface area contributed by atoms with Crippen LogP contribution in [-0.4, -0.2) is 24.2 Å². The minimum Gasteiger partial charge on any atom is -0.504 e. The molecule has 0 spiro atoms. The molecule has 0 bridgehead atoms. The van der Waals surface area contributed by atoms with Gasteiger partial charge in [0.25, 0.3) is 5.91 Å². The van der Waals surface area contributed by atoms with Gasteiger partial charge in [-0.2, -0.15) is 5.26 Å². The Morgan fingerprint density at radius 2 is 2.17 bits per heavy atom. The van der Waals surface area contributed by atoms with Gasteiger partial charge in [-0.05, 0) is 42.5 Å². The summed E-state index contributed by atoms with van der Waals surface area (Å²) in [7, 11) is 1.45. The van der Waals surface area contributed by atoms with E-state index < -0.39 is 0 Å². The van der Waals surface area contributed by atoms with Gasteiger partial charge in [0.15, 0.2) is 11.5 Å². The average Bonchev–Trinajstić information content (AvgIpc) is 2.57. The first-order valence-corrected chi connectivity index (χ1v) is 8.74. The van der Waals surface area contributed by atoms with Crippen LogP contribution in [0.5, 0.6) is 11.5 Å². The highest BCUT2D eigenvalue weighted by atomic mass is 79.9. The molecule has 1 aromatic rings. The van der Waals surface area contributed by atoms with E-state index in [2.05, 4.69) is 28.2 Å². The van der Waals surface area contributed by atoms with Gasteiger partial charge in [-0.1, -0.05) is 35.7 Å². The molecule has 2 N–H and O–H groups in total. The summed E-state index contributed by atoms with van der Waals surface area (Å²) < 4.78 is 5.66. The number of carbonyl (C=O) groups excluding carboxylic acids is 1. The second-order valence-electron chi connectivity index (χ2n) is 6.06. The van der Waals surface area contributed by atoms with E-state index in [9.17, 15) is 15.2 Å². The normalized spacial score (nSPS) is 21.0. The lowest BCUT2D eigenvalue weighted by Crippen LogP contribution is -2.41. The number of nitriles is 1. The molecule has 24 heavy (non-hydrogen) atoms. The minimum atomic E-state index is -0.376. The fourth-order valence-corrected chi connectivity index (χ4v) is 3.35. The third kappa shape index (κ3) is 4.30. The van der Waals surface area contributed by atoms with Gasteiger partial charge in [-0.3, -0.25) is 4.79 Å². The molecule has 0 aromatic heterocycles. The van der Waals surface area contributed by atoms with Crippen LogP contribution in [-0.2, 0) is 4.79 Å². The minimum absolute atomic E-state index is 0.0121. The summed E-state index contributed by atoms with van der Waals surface area (Å²) in [6.45, 7) is 2.12. The van der Waals surface area contributed by atoms with Gasteiger partial charge in [0.1, 0.15) is 11.6 Å². The Bertz CT molecular complexity index is 694. The molecular formula is C18H21BrN2O3. The average molecular weight is 393 g/mol. The summed E-state index contributed by atoms with van der Waals surface area (Å²) in [6.07, 6.45) is 5.78. The number of nitrogens with one attached hydrogen (secondary N) is 1. The molecule has 0 radical (unpaired) electrons. The summed E-state index contributed by atoms with van der Waals surface area (Å²) in [5.74, 6) is 0.307. The molecule has 128 valence electrons. The first kappa shape index (κ1) is 18.3. The van der Waals surface area contributed by atoms with Gasteiger partial charge in [-0.25, -0.2) is 0 Å². The standard InChI is InChI=1S/C18H21BrN2O3/c1-11-5-3-4-6-15(11)21-18(23)13(10-20)7-12-8-16(22)17(24-2)9-14(12)19/h7-9,11,15,22H,3-6H2,1-2H3,(H,21,23)/b13-7+/t11-,15-/m0/s1. The summed E-state index contributed by atoms with van der Waals surface area (Å²) in [6, 6.07) is 5.10. The molecule has 0 saturated heterocycles. The van der Waals surface area contributed by atoms with Gasteiger partial charge < -0.3 is 15.2 Å². The Morgan fingerprint density at radius 3 is 2.79 bits per heavy atom. The Morgan fingerprint density at radius 1 is 1.46 bits per heavy atom. The van der Waals surface area contributed by atoms with E-state index in [0.717, 1.165) is 19.3 Å². The van der Waals surface area contributed by atoms with Crippen molar-refractivity contribution in [2.75, 3.05) is 7.11 Å². The number of aromatic hydroxyl groups is 1. The van der Waals surface area contributed by atoms with Crippen LogP contribution in [0.15, 0.2) is 22.2 Å². The van der Waals surface area contributed by atoms with Crippen LogP contribution in [0.1, 0.15) is 38.2 Å². The molecule has 1 aliphatic rings. The zero-order chi connectivity index (χ0) is 17.7. The first-order valence-electron chi connectivity index (χ1n) is 7.95. The van der Waals surface area contributed by atoms with Gasteiger partial charge in [0, 0.05) is 10.5 Å². The van der Waals surface area contributed by atoms with E-state index in [0.29, 0.717) is 21.7 Å². The summed E-state index contributed by atoms with van der Waals surface area (Å²) in [5.41, 5.74) is 0.551. The zero-order valence-electron chi connectivity index (χ0n) is 13.8. The van der Waals surface area contributed by atoms with Crippen LogP contribution in [0.2, 0.25) is 0 Å². The maximum Gasteiger partial charge on any atom is 0.262 e. The van der Waals surface area contributed by atoms with E-state index in [1.165, 1.54) is 25.7 Å². The van der Waals surface area contributed by atoms with Gasteiger partial charge >= 0.3 is 0 Å². The molecule has 1 amide bonds. The van der Waals surface area contributed by atoms with E-state index in [1.807, 2.05) is 6.07 Å². The molecule has 1 fully saturated rings. The SMILES string of the molecule is COc1cc(Br)c(/C=C(\C#N)C(=O)N[C@H]2CCCC[C@@H]2C)cc1O. The van der Waals surface area contributed by atoms with Crippen LogP contribution in [0.4, 0.5) is 0 Å². The number of rotatable bonds is 4. The molecule has 2 rings (SSSR count). The third-order valence-corrected chi connectivity index (χ3v) is 5.08. The number of phenolic OH excluding ortho intramolecular Hbond substituents is 1. The number of nitrogens with zero attached hydrogens (tertiary/aromatic N) is 1. The summed E-state index contributed by atoms with van der Waals surface area (Å²) in [5, 5.41) is 22.2. The van der Waals surface area contributed by atoms with Gasteiger partial charge in [0.05, 0.1) is 7.11 Å². The highest BCUT2D eigenvalue weighted by molar-refractivity contribution is 9.10. The molecule has 6 heteroatoms. The van der Waals surface area contributed by atoms with Crippen molar-refractivity contribution in [1.29, 1.82) is 5.26 Å². The van der Waals surface area contributed by atoms with Crippen LogP contribution < -0.4 is 10.1 Å². The molecule has 2 atom stereocenters. The molecule has 5 nitrogen and oxygen atoms in total. The summed E-state index contributed by atoms with van der Waals surface area (Å²) in [4.78, 5) is 12.4. The summed E-state index contributed by atoms with van der Waals surface area (Å²) >= 11 is 3.36. The van der Waals surface area contributed by atoms with Crippen LogP contribution in [0.3, 0.4) is 0 Å². The Kier molecular flexibility index (Phi) is 6.27. The van der Waals surface area contributed by atoms with Crippen molar-refractivity contribution in [3.63, 3.8) is 0 Å². The Hall–Kier alpha value is -2.00. The largest absolute Gasteiger partial charge is 0.504 e. The van der Waals surface area contributed by atoms with Crippen molar-refractivity contribution < 1.29 is 14.6 Å². The lowest BCUT2D eigenvalue weighted by Gasteiger charge is -2.29. The third-order valence-electron chi connectivity index (χ3n) is 4.39. The number of amides is 1. The highest BCUT2D eigenvalue weighted by Crippen LogP contribution is 2.33. The van der Waals surface area contributed by atoms with Crippen molar-refractivity contribution in [2.24, 2.45) is 5.92 Å². The van der Waals surface area contributed by atoms with Gasteiger partial charge in [-0.15, -0.1) is 0 Å². The van der Waals surface area contributed by atoms with Crippen molar-refractivity contribution in [3.05, 3.63) is 27.7 Å². The second kappa shape index (κ2) is 8.20. The van der Waals surface area contributed by atoms with Crippen molar-refractivity contribution in [1.82, 2.24) is 5.32 Å². The van der Waals surface area contributed by atoms with Crippen molar-refractivity contribution >= 4 is 27.9 Å². The van der Waals surface area contributed by atoms with E-state index in [-0.39, 0.29) is 23.3 Å². The van der Waals surface area contributed by atoms with Crippen LogP contribution in [0.25, 0.3) is 6.08 Å². The molecular weight excluding hydrogens is 372 g/mol. The van der Waals surface area contributed by atoms with E-state index in [4.69, 9.17) is 4.74 Å². The predicted molar refractivity (Wildman–Crippen MR) is 95.5 cm³/mol. The number of methoxy groups -OCH3 is 1. The number of benzene rings is 1. The van der Waals surface area contributed by atoms with Crippen LogP contribution in [0, 0.1) is 17.2 Å². The van der Waals surface area contributed by atoms with E-state index in [1.54, 1.807) is 6.07 Å². The smallest absolute Gasteiger partial charge is 0.262 e. The molecule has 0 aliphatic heterocycles. The number of hydrogen-bond donors (Lipinski definition) is 2. The zero-order valence-corrected chi connectivity index (χ0v) is 15.4. The number of halogens is 1. The number of hydrogen-bond acceptors (Lipinski definition) is 4. The second-order valence-corrected chi connectivity index (χ2v) is 6.91.